The number of fused-ring (bicyclic) bond motifs is 3. The predicted molar refractivity (Wildman–Crippen MR) is 114 cm³/mol. The van der Waals surface area contributed by atoms with Crippen molar-refractivity contribution in [2.75, 3.05) is 19.7 Å². The quantitative estimate of drug-likeness (QED) is 0.689. The third kappa shape index (κ3) is 3.56. The van der Waals surface area contributed by atoms with Gasteiger partial charge < -0.3 is 14.7 Å². The van der Waals surface area contributed by atoms with Crippen LogP contribution in [-0.2, 0) is 4.74 Å². The van der Waals surface area contributed by atoms with E-state index in [1.165, 1.54) is 28.3 Å². The van der Waals surface area contributed by atoms with Gasteiger partial charge in [-0.15, -0.1) is 0 Å². The minimum atomic E-state index is -1.05. The number of carbonyl (C=O) groups excluding carboxylic acids is 1. The number of rotatable bonds is 4. The third-order valence-corrected chi connectivity index (χ3v) is 6.19. The summed E-state index contributed by atoms with van der Waals surface area (Å²) in [6.45, 7) is 1.37. The Bertz CT molecular complexity index is 1090. The number of carboxylic acid groups (broad SMARTS) is 1. The lowest BCUT2D eigenvalue weighted by Crippen LogP contribution is -2.41. The molecule has 1 aromatic heterocycles. The van der Waals surface area contributed by atoms with E-state index in [0.717, 1.165) is 12.8 Å². The average Bonchev–Trinajstić information content (AvgIpc) is 3.42. The lowest BCUT2D eigenvalue weighted by atomic mass is 9.98. The Morgan fingerprint density at radius 3 is 2.35 bits per heavy atom. The Balaban J connectivity index is 1.27. The number of aromatic carboxylic acids is 1. The van der Waals surface area contributed by atoms with Gasteiger partial charge in [-0.3, -0.25) is 4.68 Å². The molecule has 0 saturated carbocycles. The lowest BCUT2D eigenvalue weighted by molar-refractivity contribution is 0.0683. The predicted octanol–water partition coefficient (Wildman–Crippen LogP) is 4.17. The summed E-state index contributed by atoms with van der Waals surface area (Å²) in [5.41, 5.74) is 4.78. The number of carboxylic acids is 1. The first-order valence-corrected chi connectivity index (χ1v) is 10.5. The highest BCUT2D eigenvalue weighted by Crippen LogP contribution is 2.44. The van der Waals surface area contributed by atoms with Crippen LogP contribution in [0.25, 0.3) is 11.1 Å². The van der Waals surface area contributed by atoms with Gasteiger partial charge in [-0.1, -0.05) is 48.5 Å². The van der Waals surface area contributed by atoms with Crippen LogP contribution in [0.3, 0.4) is 0 Å². The fourth-order valence-corrected chi connectivity index (χ4v) is 4.68. The first-order chi connectivity index (χ1) is 15.1. The normalized spacial score (nSPS) is 17.8. The number of likely N-dealkylation sites (tertiary alicyclic amines) is 1. The molecule has 0 bridgehead atoms. The van der Waals surface area contributed by atoms with Gasteiger partial charge in [0.2, 0.25) is 0 Å². The fourth-order valence-electron chi connectivity index (χ4n) is 4.68. The van der Waals surface area contributed by atoms with Crippen molar-refractivity contribution in [1.29, 1.82) is 0 Å². The summed E-state index contributed by atoms with van der Waals surface area (Å²) in [5.74, 6) is -1.02. The Kier molecular flexibility index (Phi) is 4.94. The molecule has 7 heteroatoms. The smallest absolute Gasteiger partial charge is 0.409 e. The lowest BCUT2D eigenvalue weighted by Gasteiger charge is -2.32. The number of nitrogens with zero attached hydrogens (tertiary/aromatic N) is 3. The molecule has 1 N–H and O–H groups in total. The van der Waals surface area contributed by atoms with Crippen molar-refractivity contribution in [3.05, 3.63) is 77.6 Å². The van der Waals surface area contributed by atoms with E-state index in [1.54, 1.807) is 15.8 Å². The van der Waals surface area contributed by atoms with Crippen LogP contribution < -0.4 is 0 Å². The average molecular weight is 417 g/mol. The number of piperidine rings is 1. The Hall–Kier alpha value is -3.61. The maximum absolute atomic E-state index is 12.8. The van der Waals surface area contributed by atoms with Crippen LogP contribution in [0.1, 0.15) is 46.4 Å². The summed E-state index contributed by atoms with van der Waals surface area (Å²) in [6, 6.07) is 17.9. The van der Waals surface area contributed by atoms with Crippen LogP contribution in [0.4, 0.5) is 4.79 Å². The van der Waals surface area contributed by atoms with Crippen LogP contribution >= 0.6 is 0 Å². The minimum Gasteiger partial charge on any atom is -0.476 e. The highest BCUT2D eigenvalue weighted by Gasteiger charge is 2.31. The molecule has 2 aliphatic rings. The molecule has 1 fully saturated rings. The van der Waals surface area contributed by atoms with Crippen molar-refractivity contribution < 1.29 is 19.4 Å². The molecule has 1 unspecified atom stereocenters. The van der Waals surface area contributed by atoms with Crippen molar-refractivity contribution in [1.82, 2.24) is 14.7 Å². The minimum absolute atomic E-state index is 0.0123. The summed E-state index contributed by atoms with van der Waals surface area (Å²) < 4.78 is 7.42. The van der Waals surface area contributed by atoms with Crippen molar-refractivity contribution in [2.45, 2.75) is 24.8 Å². The van der Waals surface area contributed by atoms with Gasteiger partial charge in [-0.2, -0.15) is 5.10 Å². The first kappa shape index (κ1) is 19.4. The van der Waals surface area contributed by atoms with Gasteiger partial charge in [-0.25, -0.2) is 9.59 Å². The number of hydrogen-bond acceptors (Lipinski definition) is 4. The van der Waals surface area contributed by atoms with Crippen molar-refractivity contribution in [3.8, 4) is 11.1 Å². The summed E-state index contributed by atoms with van der Waals surface area (Å²) in [6.07, 6.45) is 2.98. The van der Waals surface area contributed by atoms with E-state index >= 15 is 0 Å². The third-order valence-electron chi connectivity index (χ3n) is 6.19. The van der Waals surface area contributed by atoms with Gasteiger partial charge in [-0.05, 0) is 41.2 Å². The van der Waals surface area contributed by atoms with Crippen LogP contribution in [0.5, 0.6) is 0 Å². The van der Waals surface area contributed by atoms with Crippen molar-refractivity contribution >= 4 is 12.1 Å². The van der Waals surface area contributed by atoms with E-state index < -0.39 is 5.97 Å². The van der Waals surface area contributed by atoms with E-state index in [9.17, 15) is 9.59 Å². The summed E-state index contributed by atoms with van der Waals surface area (Å²) in [5, 5.41) is 13.2. The molecule has 2 aromatic carbocycles. The van der Waals surface area contributed by atoms with E-state index in [1.807, 2.05) is 24.3 Å². The molecule has 7 nitrogen and oxygen atoms in total. The van der Waals surface area contributed by atoms with Gasteiger partial charge in [0.15, 0.2) is 5.69 Å². The van der Waals surface area contributed by atoms with E-state index in [2.05, 4.69) is 29.4 Å². The second-order valence-corrected chi connectivity index (χ2v) is 8.03. The molecular formula is C24H23N3O4. The Labute approximate surface area is 179 Å². The largest absolute Gasteiger partial charge is 0.476 e. The Morgan fingerprint density at radius 1 is 1.03 bits per heavy atom. The van der Waals surface area contributed by atoms with Crippen LogP contribution in [0, 0.1) is 0 Å². The maximum atomic E-state index is 12.8. The topological polar surface area (TPSA) is 84.7 Å². The zero-order valence-corrected chi connectivity index (χ0v) is 17.0. The second kappa shape index (κ2) is 7.91. The molecule has 1 aliphatic heterocycles. The molecule has 31 heavy (non-hydrogen) atoms. The monoisotopic (exact) mass is 417 g/mol. The maximum Gasteiger partial charge on any atom is 0.409 e. The molecule has 1 saturated heterocycles. The van der Waals surface area contributed by atoms with Gasteiger partial charge in [0.05, 0.1) is 6.04 Å². The van der Waals surface area contributed by atoms with Crippen LogP contribution in [0.15, 0.2) is 60.8 Å². The zero-order chi connectivity index (χ0) is 21.4. The van der Waals surface area contributed by atoms with E-state index in [4.69, 9.17) is 9.84 Å². The second-order valence-electron chi connectivity index (χ2n) is 8.03. The number of benzene rings is 2. The molecule has 5 rings (SSSR count). The number of hydrogen-bond donors (Lipinski definition) is 1. The van der Waals surface area contributed by atoms with Crippen LogP contribution in [0.2, 0.25) is 0 Å². The standard InChI is InChI=1S/C24H23N3O4/c28-23(29)22-11-13-27(25-22)16-6-5-12-26(14-16)24(30)31-15-21-19-9-3-1-7-17(19)18-8-2-4-10-20(18)21/h1-4,7-11,13,16,21H,5-6,12,14-15H2,(H,28,29). The van der Waals surface area contributed by atoms with Gasteiger partial charge in [0, 0.05) is 25.2 Å². The summed E-state index contributed by atoms with van der Waals surface area (Å²) in [4.78, 5) is 25.6. The highest BCUT2D eigenvalue weighted by molar-refractivity contribution is 5.85. The van der Waals surface area contributed by atoms with Gasteiger partial charge in [0.1, 0.15) is 6.61 Å². The van der Waals surface area contributed by atoms with Gasteiger partial charge in [0.25, 0.3) is 0 Å². The van der Waals surface area contributed by atoms with E-state index in [-0.39, 0.29) is 23.7 Å². The summed E-state index contributed by atoms with van der Waals surface area (Å²) >= 11 is 0. The molecule has 1 aliphatic carbocycles. The molecule has 2 heterocycles. The number of amides is 1. The number of aromatic nitrogens is 2. The molecule has 3 aromatic rings. The molecule has 158 valence electrons. The zero-order valence-electron chi connectivity index (χ0n) is 17.0. The van der Waals surface area contributed by atoms with E-state index in [0.29, 0.717) is 19.7 Å². The first-order valence-electron chi connectivity index (χ1n) is 10.5. The Morgan fingerprint density at radius 2 is 1.71 bits per heavy atom. The highest BCUT2D eigenvalue weighted by atomic mass is 16.6. The fraction of sp³-hybridized carbons (Fsp3) is 0.292. The molecular weight excluding hydrogens is 394 g/mol. The summed E-state index contributed by atoms with van der Waals surface area (Å²) in [7, 11) is 0. The number of carbonyl (C=O) groups is 2. The van der Waals surface area contributed by atoms with Gasteiger partial charge >= 0.3 is 12.1 Å². The SMILES string of the molecule is O=C(O)c1ccn(C2CCCN(C(=O)OCC3c4ccccc4-c4ccccc43)C2)n1. The molecule has 0 spiro atoms. The van der Waals surface area contributed by atoms with Crippen molar-refractivity contribution in [2.24, 2.45) is 0 Å². The number of ether oxygens (including phenoxy) is 1. The van der Waals surface area contributed by atoms with Crippen LogP contribution in [-0.4, -0.2) is 51.5 Å². The molecule has 0 radical (unpaired) electrons. The molecule has 1 amide bonds. The van der Waals surface area contributed by atoms with Crippen molar-refractivity contribution in [3.63, 3.8) is 0 Å². The molecule has 1 atom stereocenters.